The number of carbonyl (C=O) groups excluding carboxylic acids is 2. The molecule has 0 fully saturated rings. The lowest BCUT2D eigenvalue weighted by atomic mass is 9.78. The van der Waals surface area contributed by atoms with Crippen LogP contribution in [0.5, 0.6) is 0 Å². The Hall–Kier alpha value is -1.76. The van der Waals surface area contributed by atoms with Crippen LogP contribution in [-0.4, -0.2) is 64.0 Å². The molecule has 0 aromatic heterocycles. The van der Waals surface area contributed by atoms with Gasteiger partial charge >= 0.3 is 12.2 Å². The highest BCUT2D eigenvalue weighted by atomic mass is 16.6. The van der Waals surface area contributed by atoms with Crippen molar-refractivity contribution in [2.24, 2.45) is 5.41 Å². The number of rotatable bonds is 25. The van der Waals surface area contributed by atoms with Crippen LogP contribution in [0.4, 0.5) is 9.59 Å². The summed E-state index contributed by atoms with van der Waals surface area (Å²) in [5.74, 6) is 0. The number of alkyl carbamates (subject to hydrolysis) is 2. The normalized spacial score (nSPS) is 16.7. The van der Waals surface area contributed by atoms with E-state index in [2.05, 4.69) is 34.6 Å². The van der Waals surface area contributed by atoms with E-state index >= 15 is 0 Å². The van der Waals surface area contributed by atoms with Gasteiger partial charge in [-0.2, -0.15) is 0 Å². The van der Waals surface area contributed by atoms with Gasteiger partial charge in [-0.15, -0.1) is 0 Å². The van der Waals surface area contributed by atoms with Crippen LogP contribution >= 0.6 is 0 Å². The third kappa shape index (κ3) is 21.0. The van der Waals surface area contributed by atoms with Gasteiger partial charge in [-0.05, 0) is 52.7 Å². The molecular weight excluding hydrogens is 502 g/mol. The van der Waals surface area contributed by atoms with E-state index in [1.165, 1.54) is 89.9 Å². The molecule has 40 heavy (non-hydrogen) atoms. The molecule has 0 spiro atoms. The Morgan fingerprint density at radius 3 is 1.55 bits per heavy atom. The van der Waals surface area contributed by atoms with Crippen molar-refractivity contribution < 1.29 is 19.1 Å². The van der Waals surface area contributed by atoms with Crippen molar-refractivity contribution in [2.75, 3.05) is 46.9 Å². The van der Waals surface area contributed by atoms with Gasteiger partial charge in [0.15, 0.2) is 0 Å². The molecule has 7 nitrogen and oxygen atoms in total. The lowest BCUT2D eigenvalue weighted by Gasteiger charge is -2.33. The van der Waals surface area contributed by atoms with E-state index in [1.54, 1.807) is 0 Å². The molecule has 1 rings (SSSR count). The van der Waals surface area contributed by atoms with Crippen molar-refractivity contribution in [1.29, 1.82) is 0 Å². The summed E-state index contributed by atoms with van der Waals surface area (Å²) in [6.45, 7) is 4.94. The predicted octanol–water partition coefficient (Wildman–Crippen LogP) is 8.38. The van der Waals surface area contributed by atoms with Gasteiger partial charge in [0.05, 0.1) is 0 Å². The zero-order chi connectivity index (χ0) is 29.2. The van der Waals surface area contributed by atoms with Gasteiger partial charge in [0.25, 0.3) is 0 Å². The van der Waals surface area contributed by atoms with Crippen LogP contribution in [0.25, 0.3) is 0 Å². The molecule has 0 saturated heterocycles. The Kier molecular flexibility index (Phi) is 22.7. The van der Waals surface area contributed by atoms with E-state index < -0.39 is 6.09 Å². The van der Waals surface area contributed by atoms with Gasteiger partial charge < -0.3 is 25.0 Å². The van der Waals surface area contributed by atoms with Crippen LogP contribution in [0.15, 0.2) is 12.2 Å². The molecule has 0 radical (unpaired) electrons. The summed E-state index contributed by atoms with van der Waals surface area (Å²) in [4.78, 5) is 26.5. The van der Waals surface area contributed by atoms with Crippen molar-refractivity contribution in [3.05, 3.63) is 12.2 Å². The van der Waals surface area contributed by atoms with Crippen molar-refractivity contribution in [3.63, 3.8) is 0 Å². The van der Waals surface area contributed by atoms with Gasteiger partial charge in [0.1, 0.15) is 13.2 Å². The summed E-state index contributed by atoms with van der Waals surface area (Å²) in [6, 6.07) is 0. The number of nitrogens with zero attached hydrogens (tertiary/aromatic N) is 1. The first-order valence-corrected chi connectivity index (χ1v) is 16.6. The second-order valence-electron chi connectivity index (χ2n) is 12.2. The summed E-state index contributed by atoms with van der Waals surface area (Å²) in [5.41, 5.74) is -0.346. The minimum absolute atomic E-state index is 0.253. The highest BCUT2D eigenvalue weighted by Crippen LogP contribution is 2.33. The Morgan fingerprint density at radius 2 is 1.12 bits per heavy atom. The molecule has 0 bridgehead atoms. The van der Waals surface area contributed by atoms with Crippen LogP contribution in [0.1, 0.15) is 135 Å². The molecule has 7 heteroatoms. The topological polar surface area (TPSA) is 79.9 Å². The van der Waals surface area contributed by atoms with E-state index in [1.807, 2.05) is 14.1 Å². The molecule has 1 unspecified atom stereocenters. The molecule has 1 atom stereocenters. The van der Waals surface area contributed by atoms with Crippen LogP contribution in [-0.2, 0) is 9.47 Å². The lowest BCUT2D eigenvalue weighted by molar-refractivity contribution is 0.0204. The summed E-state index contributed by atoms with van der Waals surface area (Å²) >= 11 is 0. The Balaban J connectivity index is 2.01. The van der Waals surface area contributed by atoms with E-state index in [0.29, 0.717) is 13.1 Å². The number of allylic oxidation sites excluding steroid dienone is 2. The van der Waals surface area contributed by atoms with Gasteiger partial charge in [-0.3, -0.25) is 0 Å². The minimum Gasteiger partial charge on any atom is -0.449 e. The third-order valence-corrected chi connectivity index (χ3v) is 7.93. The first-order valence-electron chi connectivity index (χ1n) is 16.6. The number of carbonyl (C=O) groups is 2. The largest absolute Gasteiger partial charge is 0.449 e. The Morgan fingerprint density at radius 1 is 0.675 bits per heavy atom. The fourth-order valence-electron chi connectivity index (χ4n) is 5.24. The van der Waals surface area contributed by atoms with Crippen molar-refractivity contribution in [1.82, 2.24) is 15.5 Å². The number of hydrogen-bond donors (Lipinski definition) is 2. The first kappa shape index (κ1) is 36.3. The molecule has 0 aromatic rings. The van der Waals surface area contributed by atoms with Crippen molar-refractivity contribution in [3.8, 4) is 0 Å². The first-order chi connectivity index (χ1) is 19.5. The highest BCUT2D eigenvalue weighted by molar-refractivity contribution is 5.67. The molecule has 1 aliphatic rings. The average Bonchev–Trinajstić information content (AvgIpc) is 2.95. The lowest BCUT2D eigenvalue weighted by Crippen LogP contribution is -2.39. The standard InChI is InChI=1S/C33H63N3O4/c1-4-5-6-7-8-9-10-11-12-13-14-15-16-17-18-22-26-34-31(37)39-29-33(24-20-19-21-25-33)30-40-32(38)35-27-23-28-36(2)3/h19-20H,4-18,21-30H2,1-3H3,(H,34,37)(H,35,38). The molecular formula is C33H63N3O4. The summed E-state index contributed by atoms with van der Waals surface area (Å²) in [6.07, 6.45) is 28.2. The second kappa shape index (κ2) is 25.0. The zero-order valence-corrected chi connectivity index (χ0v) is 26.4. The van der Waals surface area contributed by atoms with Crippen LogP contribution in [0.2, 0.25) is 0 Å². The summed E-state index contributed by atoms with van der Waals surface area (Å²) in [5, 5.41) is 5.70. The summed E-state index contributed by atoms with van der Waals surface area (Å²) < 4.78 is 11.1. The van der Waals surface area contributed by atoms with Gasteiger partial charge in [-0.1, -0.05) is 115 Å². The molecule has 2 N–H and O–H groups in total. The highest BCUT2D eigenvalue weighted by Gasteiger charge is 2.33. The average molecular weight is 566 g/mol. The van der Waals surface area contributed by atoms with Crippen molar-refractivity contribution in [2.45, 2.75) is 135 Å². The summed E-state index contributed by atoms with van der Waals surface area (Å²) in [7, 11) is 4.02. The number of amides is 2. The van der Waals surface area contributed by atoms with E-state index in [9.17, 15) is 9.59 Å². The maximum atomic E-state index is 12.3. The van der Waals surface area contributed by atoms with Crippen LogP contribution in [0, 0.1) is 5.41 Å². The number of nitrogens with one attached hydrogen (secondary N) is 2. The molecule has 234 valence electrons. The Bertz CT molecular complexity index is 656. The van der Waals surface area contributed by atoms with E-state index in [4.69, 9.17) is 9.47 Å². The van der Waals surface area contributed by atoms with E-state index in [-0.39, 0.29) is 24.7 Å². The molecule has 0 aromatic carbocycles. The SMILES string of the molecule is CCCCCCCCCCCCCCCCCCNC(=O)OCC1(COC(=O)NCCCN(C)C)CC=CCC1. The number of hydrogen-bond acceptors (Lipinski definition) is 5. The van der Waals surface area contributed by atoms with Crippen LogP contribution in [0.3, 0.4) is 0 Å². The minimum atomic E-state index is -0.402. The number of unbranched alkanes of at least 4 members (excludes halogenated alkanes) is 15. The quantitative estimate of drug-likeness (QED) is 0.0858. The number of ether oxygens (including phenoxy) is 2. The van der Waals surface area contributed by atoms with E-state index in [0.717, 1.165) is 45.1 Å². The second-order valence-corrected chi connectivity index (χ2v) is 12.2. The molecule has 0 aliphatic heterocycles. The third-order valence-electron chi connectivity index (χ3n) is 7.93. The predicted molar refractivity (Wildman–Crippen MR) is 167 cm³/mol. The zero-order valence-electron chi connectivity index (χ0n) is 26.4. The van der Waals surface area contributed by atoms with Crippen LogP contribution < -0.4 is 10.6 Å². The van der Waals surface area contributed by atoms with Gasteiger partial charge in [0.2, 0.25) is 0 Å². The monoisotopic (exact) mass is 565 g/mol. The van der Waals surface area contributed by atoms with Gasteiger partial charge in [0, 0.05) is 18.5 Å². The fraction of sp³-hybridized carbons (Fsp3) is 0.879. The molecule has 2 amide bonds. The van der Waals surface area contributed by atoms with Gasteiger partial charge in [-0.25, -0.2) is 9.59 Å². The Labute approximate surface area is 246 Å². The maximum Gasteiger partial charge on any atom is 0.407 e. The van der Waals surface area contributed by atoms with Crippen molar-refractivity contribution >= 4 is 12.2 Å². The smallest absolute Gasteiger partial charge is 0.407 e. The maximum absolute atomic E-state index is 12.3. The molecule has 0 heterocycles. The molecule has 1 aliphatic carbocycles. The molecule has 0 saturated carbocycles. The fourth-order valence-corrected chi connectivity index (χ4v) is 5.24.